The van der Waals surface area contributed by atoms with Gasteiger partial charge in [-0.15, -0.1) is 11.6 Å². The zero-order valence-electron chi connectivity index (χ0n) is 18.5. The Morgan fingerprint density at radius 2 is 1.71 bits per heavy atom. The summed E-state index contributed by atoms with van der Waals surface area (Å²) in [7, 11) is 0. The number of nitrogens with one attached hydrogen (secondary N) is 1. The molecule has 1 amide bonds. The van der Waals surface area contributed by atoms with Gasteiger partial charge in [-0.3, -0.25) is 9.59 Å². The van der Waals surface area contributed by atoms with Crippen LogP contribution in [0.25, 0.3) is 22.0 Å². The van der Waals surface area contributed by atoms with Crippen molar-refractivity contribution in [1.82, 2.24) is 9.99 Å². The van der Waals surface area contributed by atoms with Crippen LogP contribution < -0.4 is 5.56 Å². The lowest BCUT2D eigenvalue weighted by Crippen LogP contribution is -2.27. The molecule has 176 valence electrons. The van der Waals surface area contributed by atoms with Crippen LogP contribution in [0.3, 0.4) is 0 Å². The topological polar surface area (TPSA) is 65.5 Å². The van der Waals surface area contributed by atoms with Crippen molar-refractivity contribution in [2.24, 2.45) is 5.10 Å². The number of aromatic amines is 1. The number of rotatable bonds is 5. The van der Waals surface area contributed by atoms with Crippen LogP contribution >= 0.6 is 43.5 Å². The highest BCUT2D eigenvalue weighted by atomic mass is 79.9. The standard InChI is InChI=1S/C27H20Br2ClN3O2/c28-18-8-6-16(7-9-18)23-15-22(32-33(23)24(34)12-13-30)26-25(17-4-2-1-3-5-17)20-14-19(29)10-11-21(20)31-27(26)35/h1-11,14,23H,12-13,15H2,(H,31,35)/t23-/m1/s1. The second-order valence-corrected chi connectivity index (χ2v) is 10.5. The fourth-order valence-electron chi connectivity index (χ4n) is 4.48. The van der Waals surface area contributed by atoms with Gasteiger partial charge in [0.25, 0.3) is 5.56 Å². The second kappa shape index (κ2) is 10.1. The smallest absolute Gasteiger partial charge is 0.258 e. The van der Waals surface area contributed by atoms with E-state index in [1.165, 1.54) is 5.01 Å². The molecule has 1 N–H and O–H groups in total. The lowest BCUT2D eigenvalue weighted by molar-refractivity contribution is -0.132. The molecule has 0 unspecified atom stereocenters. The number of fused-ring (bicyclic) bond motifs is 1. The van der Waals surface area contributed by atoms with E-state index in [1.807, 2.05) is 72.8 Å². The number of amides is 1. The van der Waals surface area contributed by atoms with Gasteiger partial charge in [-0.1, -0.05) is 74.3 Å². The van der Waals surface area contributed by atoms with Gasteiger partial charge in [0.15, 0.2) is 0 Å². The zero-order valence-corrected chi connectivity index (χ0v) is 22.4. The molecule has 5 rings (SSSR count). The summed E-state index contributed by atoms with van der Waals surface area (Å²) in [5.74, 6) is 0.0248. The molecule has 1 aliphatic heterocycles. The summed E-state index contributed by atoms with van der Waals surface area (Å²) in [6.45, 7) is 0. The zero-order chi connectivity index (χ0) is 24.5. The lowest BCUT2D eigenvalue weighted by Gasteiger charge is -2.21. The van der Waals surface area contributed by atoms with Gasteiger partial charge in [-0.25, -0.2) is 5.01 Å². The Hall–Kier alpha value is -2.74. The molecule has 1 aliphatic rings. The molecular formula is C27H20Br2ClN3O2. The fraction of sp³-hybridized carbons (Fsp3) is 0.148. The predicted octanol–water partition coefficient (Wildman–Crippen LogP) is 7.03. The molecule has 4 aromatic rings. The quantitative estimate of drug-likeness (QED) is 0.246. The van der Waals surface area contributed by atoms with E-state index in [0.29, 0.717) is 17.7 Å². The van der Waals surface area contributed by atoms with Crippen LogP contribution in [0.15, 0.2) is 91.6 Å². The van der Waals surface area contributed by atoms with Crippen molar-refractivity contribution in [2.75, 3.05) is 5.88 Å². The highest BCUT2D eigenvalue weighted by Crippen LogP contribution is 2.38. The molecule has 0 bridgehead atoms. The summed E-state index contributed by atoms with van der Waals surface area (Å²) in [5.41, 5.74) is 4.19. The molecule has 0 saturated heterocycles. The third-order valence-electron chi connectivity index (χ3n) is 6.06. The van der Waals surface area contributed by atoms with Gasteiger partial charge in [-0.2, -0.15) is 5.10 Å². The Morgan fingerprint density at radius 3 is 2.43 bits per heavy atom. The highest BCUT2D eigenvalue weighted by molar-refractivity contribution is 9.10. The van der Waals surface area contributed by atoms with Crippen LogP contribution in [0.1, 0.15) is 30.0 Å². The fourth-order valence-corrected chi connectivity index (χ4v) is 5.26. The van der Waals surface area contributed by atoms with Gasteiger partial charge in [0, 0.05) is 44.1 Å². The Labute approximate surface area is 224 Å². The maximum atomic E-state index is 13.5. The molecule has 3 aromatic carbocycles. The molecule has 2 heterocycles. The first kappa shape index (κ1) is 24.0. The number of nitrogens with zero attached hydrogens (tertiary/aromatic N) is 2. The van der Waals surface area contributed by atoms with E-state index in [2.05, 4.69) is 36.8 Å². The Kier molecular flexibility index (Phi) is 6.91. The van der Waals surface area contributed by atoms with Crippen molar-refractivity contribution < 1.29 is 4.79 Å². The highest BCUT2D eigenvalue weighted by Gasteiger charge is 2.35. The molecule has 0 aliphatic carbocycles. The van der Waals surface area contributed by atoms with Gasteiger partial charge in [0.05, 0.1) is 17.3 Å². The Bertz CT molecular complexity index is 1500. The van der Waals surface area contributed by atoms with Crippen molar-refractivity contribution in [3.8, 4) is 11.1 Å². The Balaban J connectivity index is 1.72. The van der Waals surface area contributed by atoms with E-state index in [4.69, 9.17) is 16.7 Å². The minimum Gasteiger partial charge on any atom is -0.321 e. The first-order valence-electron chi connectivity index (χ1n) is 11.1. The molecule has 1 atom stereocenters. The number of carbonyl (C=O) groups excluding carboxylic acids is 1. The third-order valence-corrected chi connectivity index (χ3v) is 7.27. The van der Waals surface area contributed by atoms with Crippen LogP contribution in [0.4, 0.5) is 0 Å². The maximum absolute atomic E-state index is 13.5. The molecular weight excluding hydrogens is 594 g/mol. The van der Waals surface area contributed by atoms with Crippen LogP contribution in [0, 0.1) is 0 Å². The largest absolute Gasteiger partial charge is 0.321 e. The number of carbonyl (C=O) groups is 1. The van der Waals surface area contributed by atoms with Gasteiger partial charge in [0.2, 0.25) is 5.91 Å². The summed E-state index contributed by atoms with van der Waals surface area (Å²) in [4.78, 5) is 29.5. The molecule has 1 aromatic heterocycles. The van der Waals surface area contributed by atoms with Gasteiger partial charge in [-0.05, 0) is 41.5 Å². The molecule has 8 heteroatoms. The molecule has 0 radical (unpaired) electrons. The normalized spacial score (nSPS) is 15.5. The number of hydrogen-bond donors (Lipinski definition) is 1. The van der Waals surface area contributed by atoms with Gasteiger partial charge >= 0.3 is 0 Å². The molecule has 0 fully saturated rings. The summed E-state index contributed by atoms with van der Waals surface area (Å²) in [6.07, 6.45) is 0.579. The lowest BCUT2D eigenvalue weighted by atomic mass is 9.91. The minimum atomic E-state index is -0.324. The average molecular weight is 614 g/mol. The van der Waals surface area contributed by atoms with Gasteiger partial charge < -0.3 is 4.98 Å². The predicted molar refractivity (Wildman–Crippen MR) is 148 cm³/mol. The van der Waals surface area contributed by atoms with E-state index < -0.39 is 0 Å². The van der Waals surface area contributed by atoms with E-state index >= 15 is 0 Å². The van der Waals surface area contributed by atoms with Crippen molar-refractivity contribution in [3.63, 3.8) is 0 Å². The van der Waals surface area contributed by atoms with Crippen molar-refractivity contribution in [3.05, 3.63) is 103 Å². The monoisotopic (exact) mass is 611 g/mol. The van der Waals surface area contributed by atoms with E-state index in [-0.39, 0.29) is 29.8 Å². The number of hydrazone groups is 1. The number of alkyl halides is 1. The molecule has 5 nitrogen and oxygen atoms in total. The maximum Gasteiger partial charge on any atom is 0.258 e. The van der Waals surface area contributed by atoms with Crippen molar-refractivity contribution >= 4 is 66.0 Å². The van der Waals surface area contributed by atoms with Crippen LogP contribution in [-0.2, 0) is 4.79 Å². The van der Waals surface area contributed by atoms with Gasteiger partial charge in [0.1, 0.15) is 0 Å². The number of hydrogen-bond acceptors (Lipinski definition) is 3. The van der Waals surface area contributed by atoms with Crippen LogP contribution in [0.5, 0.6) is 0 Å². The molecule has 35 heavy (non-hydrogen) atoms. The van der Waals surface area contributed by atoms with Crippen molar-refractivity contribution in [1.29, 1.82) is 0 Å². The van der Waals surface area contributed by atoms with E-state index in [0.717, 1.165) is 36.5 Å². The van der Waals surface area contributed by atoms with Crippen LogP contribution in [-0.4, -0.2) is 27.5 Å². The van der Waals surface area contributed by atoms with E-state index in [9.17, 15) is 9.59 Å². The number of H-pyrrole nitrogens is 1. The van der Waals surface area contributed by atoms with Crippen molar-refractivity contribution in [2.45, 2.75) is 18.9 Å². The van der Waals surface area contributed by atoms with E-state index in [1.54, 1.807) is 0 Å². The number of halogens is 3. The third kappa shape index (κ3) is 4.73. The Morgan fingerprint density at radius 1 is 1.00 bits per heavy atom. The molecule has 0 spiro atoms. The first-order valence-corrected chi connectivity index (χ1v) is 13.2. The minimum absolute atomic E-state index is 0.165. The average Bonchev–Trinajstić information content (AvgIpc) is 3.30. The first-order chi connectivity index (χ1) is 17.0. The number of aromatic nitrogens is 1. The number of pyridine rings is 1. The summed E-state index contributed by atoms with van der Waals surface area (Å²) >= 11 is 12.9. The summed E-state index contributed by atoms with van der Waals surface area (Å²) in [5, 5.41) is 7.11. The summed E-state index contributed by atoms with van der Waals surface area (Å²) in [6, 6.07) is 23.1. The SMILES string of the molecule is O=C(CCCl)N1N=C(c2c(-c3ccccc3)c3cc(Br)ccc3[nH]c2=O)C[C@@H]1c1ccc(Br)cc1. The van der Waals surface area contributed by atoms with Crippen LogP contribution in [0.2, 0.25) is 0 Å². The summed E-state index contributed by atoms with van der Waals surface area (Å²) < 4.78 is 1.85. The molecule has 0 saturated carbocycles. The number of benzene rings is 3. The second-order valence-electron chi connectivity index (χ2n) is 8.26.